The van der Waals surface area contributed by atoms with Gasteiger partial charge in [-0.15, -0.1) is 0 Å². The number of nitrogens with one attached hydrogen (secondary N) is 1. The van der Waals surface area contributed by atoms with E-state index in [1.807, 2.05) is 28.6 Å². The number of benzene rings is 1. The molecule has 10 heteroatoms. The van der Waals surface area contributed by atoms with E-state index in [9.17, 15) is 14.0 Å². The van der Waals surface area contributed by atoms with Gasteiger partial charge in [0.2, 0.25) is 0 Å². The van der Waals surface area contributed by atoms with E-state index in [2.05, 4.69) is 38.8 Å². The average Bonchev–Trinajstić information content (AvgIpc) is 3.36. The molecule has 5 heterocycles. The van der Waals surface area contributed by atoms with Crippen molar-refractivity contribution in [3.05, 3.63) is 52.0 Å². The van der Waals surface area contributed by atoms with Crippen LogP contribution >= 0.6 is 0 Å². The number of aryl methyl sites for hydroxylation is 1. The summed E-state index contributed by atoms with van der Waals surface area (Å²) >= 11 is 0. The number of halogens is 1. The van der Waals surface area contributed by atoms with Crippen LogP contribution in [0.2, 0.25) is 0 Å². The van der Waals surface area contributed by atoms with Crippen LogP contribution in [-0.2, 0) is 0 Å². The number of aromatic amines is 1. The summed E-state index contributed by atoms with van der Waals surface area (Å²) in [6.45, 7) is 9.46. The van der Waals surface area contributed by atoms with Crippen molar-refractivity contribution in [2.45, 2.75) is 57.9 Å². The minimum Gasteiger partial charge on any atom is -0.351 e. The number of carbonyl (C=O) groups excluding carboxylic acids is 1. The molecule has 39 heavy (non-hydrogen) atoms. The first-order valence-electron chi connectivity index (χ1n) is 13.9. The minimum atomic E-state index is -1.06. The normalized spacial score (nSPS) is 25.1. The molecule has 1 aromatic carbocycles. The molecule has 2 fully saturated rings. The lowest BCUT2D eigenvalue weighted by Crippen LogP contribution is -2.55. The maximum Gasteiger partial charge on any atom is 0.259 e. The lowest BCUT2D eigenvalue weighted by atomic mass is 10.0. The lowest BCUT2D eigenvalue weighted by Gasteiger charge is -2.42. The van der Waals surface area contributed by atoms with Crippen LogP contribution in [0, 0.1) is 6.92 Å². The van der Waals surface area contributed by atoms with Gasteiger partial charge >= 0.3 is 0 Å². The first-order valence-corrected chi connectivity index (χ1v) is 13.9. The van der Waals surface area contributed by atoms with Crippen LogP contribution < -0.4 is 5.56 Å². The molecule has 2 unspecified atom stereocenters. The number of amidine groups is 1. The second-order valence-corrected chi connectivity index (χ2v) is 11.4. The molecule has 3 aliphatic heterocycles. The van der Waals surface area contributed by atoms with Crippen molar-refractivity contribution < 1.29 is 9.18 Å². The summed E-state index contributed by atoms with van der Waals surface area (Å²) in [5.74, 6) is 0.760. The van der Waals surface area contributed by atoms with Crippen LogP contribution in [0.3, 0.4) is 0 Å². The van der Waals surface area contributed by atoms with E-state index >= 15 is 0 Å². The standard InChI is InChI=1S/C29H36FN7O2/c1-17-13-25-22(27-23(28(38)33-25)15-31-37(27)20-7-9-34(4)10-8-20)14-21(17)29(39)35-11-12-36(18(2)16-35)26-6-5-24(30)19(3)32-26/h5-6,13-15,18-20,24H,7-12,16H2,1-4H3,(H,33,38)/t18-,19?,24?/m1/s1. The molecule has 3 aromatic rings. The molecule has 2 aromatic heterocycles. The third-order valence-electron chi connectivity index (χ3n) is 8.61. The first-order chi connectivity index (χ1) is 18.7. The number of dihydropyridines is 1. The number of hydrogen-bond acceptors (Lipinski definition) is 6. The number of hydrogen-bond donors (Lipinski definition) is 1. The van der Waals surface area contributed by atoms with Gasteiger partial charge in [-0.1, -0.05) is 0 Å². The predicted molar refractivity (Wildman–Crippen MR) is 151 cm³/mol. The number of nitrogens with zero attached hydrogens (tertiary/aromatic N) is 6. The Labute approximate surface area is 227 Å². The van der Waals surface area contributed by atoms with E-state index in [1.165, 1.54) is 0 Å². The van der Waals surface area contributed by atoms with Crippen LogP contribution in [0.25, 0.3) is 21.8 Å². The number of fused-ring (bicyclic) bond motifs is 3. The Bertz CT molecular complexity index is 1550. The van der Waals surface area contributed by atoms with Gasteiger partial charge in [0.1, 0.15) is 12.0 Å². The van der Waals surface area contributed by atoms with E-state index in [0.29, 0.717) is 30.6 Å². The van der Waals surface area contributed by atoms with E-state index < -0.39 is 12.2 Å². The Balaban J connectivity index is 1.32. The number of rotatable bonds is 2. The smallest absolute Gasteiger partial charge is 0.259 e. The number of aliphatic imine (C=N–C) groups is 1. The topological polar surface area (TPSA) is 89.8 Å². The van der Waals surface area contributed by atoms with Gasteiger partial charge in [0.15, 0.2) is 0 Å². The van der Waals surface area contributed by atoms with Gasteiger partial charge in [-0.25, -0.2) is 4.39 Å². The van der Waals surface area contributed by atoms with Gasteiger partial charge in [0.25, 0.3) is 11.5 Å². The molecule has 1 amide bonds. The fourth-order valence-electron chi connectivity index (χ4n) is 6.22. The molecule has 206 valence electrons. The monoisotopic (exact) mass is 533 g/mol. The summed E-state index contributed by atoms with van der Waals surface area (Å²) in [5, 5.41) is 6.05. The maximum atomic E-state index is 13.9. The van der Waals surface area contributed by atoms with Crippen molar-refractivity contribution in [3.8, 4) is 0 Å². The number of piperidine rings is 1. The molecule has 0 radical (unpaired) electrons. The largest absolute Gasteiger partial charge is 0.351 e. The number of H-pyrrole nitrogens is 1. The highest BCUT2D eigenvalue weighted by Crippen LogP contribution is 2.31. The third-order valence-corrected chi connectivity index (χ3v) is 8.61. The fourth-order valence-corrected chi connectivity index (χ4v) is 6.22. The molecule has 0 aliphatic carbocycles. The van der Waals surface area contributed by atoms with E-state index in [4.69, 9.17) is 0 Å². The molecule has 0 saturated carbocycles. The quantitative estimate of drug-likeness (QED) is 0.546. The molecule has 0 bridgehead atoms. The van der Waals surface area contributed by atoms with E-state index in [0.717, 1.165) is 53.7 Å². The molecular formula is C29H36FN7O2. The van der Waals surface area contributed by atoms with Crippen molar-refractivity contribution in [2.75, 3.05) is 39.8 Å². The predicted octanol–water partition coefficient (Wildman–Crippen LogP) is 3.29. The van der Waals surface area contributed by atoms with Crippen LogP contribution in [0.15, 0.2) is 40.3 Å². The van der Waals surface area contributed by atoms with Crippen molar-refractivity contribution in [1.82, 2.24) is 29.5 Å². The summed E-state index contributed by atoms with van der Waals surface area (Å²) in [6.07, 6.45) is 5.85. The van der Waals surface area contributed by atoms with Gasteiger partial charge < -0.3 is 19.7 Å². The highest BCUT2D eigenvalue weighted by atomic mass is 19.1. The zero-order valence-corrected chi connectivity index (χ0v) is 23.0. The van der Waals surface area contributed by atoms with Gasteiger partial charge in [-0.05, 0) is 83.6 Å². The van der Waals surface area contributed by atoms with Gasteiger partial charge in [-0.2, -0.15) is 5.10 Å². The summed E-state index contributed by atoms with van der Waals surface area (Å²) in [5.41, 5.74) is 2.82. The molecular weight excluding hydrogens is 497 g/mol. The lowest BCUT2D eigenvalue weighted by molar-refractivity contribution is 0.0629. The molecule has 2 saturated heterocycles. The van der Waals surface area contributed by atoms with Crippen LogP contribution in [0.4, 0.5) is 4.39 Å². The number of amides is 1. The third kappa shape index (κ3) is 4.54. The van der Waals surface area contributed by atoms with Crippen molar-refractivity contribution in [2.24, 2.45) is 4.99 Å². The summed E-state index contributed by atoms with van der Waals surface area (Å²) in [6, 6.07) is 3.70. The van der Waals surface area contributed by atoms with E-state index in [-0.39, 0.29) is 23.6 Å². The maximum absolute atomic E-state index is 13.9. The Morgan fingerprint density at radius 1 is 1.10 bits per heavy atom. The highest BCUT2D eigenvalue weighted by Gasteiger charge is 2.31. The number of likely N-dealkylation sites (tertiary alicyclic amines) is 1. The zero-order chi connectivity index (χ0) is 27.4. The SMILES string of the molecule is Cc1cc2[nH]c(=O)c3cnn(C4CCN(C)CC4)c3c2cc1C(=O)N1CCN(C2=NC(C)C(F)C=C2)[C@H](C)C1. The fraction of sp³-hybridized carbons (Fsp3) is 0.517. The second-order valence-electron chi connectivity index (χ2n) is 11.4. The number of alkyl halides is 1. The Morgan fingerprint density at radius 2 is 1.87 bits per heavy atom. The highest BCUT2D eigenvalue weighted by molar-refractivity contribution is 6.07. The molecule has 6 rings (SSSR count). The molecule has 9 nitrogen and oxygen atoms in total. The number of pyridine rings is 1. The molecule has 0 spiro atoms. The van der Waals surface area contributed by atoms with Crippen molar-refractivity contribution in [3.63, 3.8) is 0 Å². The molecule has 1 N–H and O–H groups in total. The average molecular weight is 534 g/mol. The first kappa shape index (κ1) is 25.7. The van der Waals surface area contributed by atoms with Crippen LogP contribution in [0.5, 0.6) is 0 Å². The zero-order valence-electron chi connectivity index (χ0n) is 23.0. The van der Waals surface area contributed by atoms with Crippen LogP contribution in [-0.4, -0.2) is 99.2 Å². The summed E-state index contributed by atoms with van der Waals surface area (Å²) in [7, 11) is 2.12. The molecule has 3 aliphatic rings. The summed E-state index contributed by atoms with van der Waals surface area (Å²) < 4.78 is 15.9. The Kier molecular flexibility index (Phi) is 6.53. The van der Waals surface area contributed by atoms with Gasteiger partial charge in [0, 0.05) is 36.6 Å². The van der Waals surface area contributed by atoms with Gasteiger partial charge in [0.05, 0.1) is 34.7 Å². The van der Waals surface area contributed by atoms with E-state index in [1.54, 1.807) is 25.3 Å². The molecule has 3 atom stereocenters. The van der Waals surface area contributed by atoms with Crippen molar-refractivity contribution in [1.29, 1.82) is 0 Å². The number of piperazine rings is 1. The Morgan fingerprint density at radius 3 is 2.59 bits per heavy atom. The van der Waals surface area contributed by atoms with Crippen molar-refractivity contribution >= 4 is 33.5 Å². The second kappa shape index (κ2) is 9.89. The Hall–Kier alpha value is -3.53. The number of aromatic nitrogens is 3. The summed E-state index contributed by atoms with van der Waals surface area (Å²) in [4.78, 5) is 40.7. The van der Waals surface area contributed by atoms with Gasteiger partial charge in [-0.3, -0.25) is 19.3 Å². The number of carbonyl (C=O) groups is 1. The minimum absolute atomic E-state index is 0.0241. The van der Waals surface area contributed by atoms with Crippen LogP contribution in [0.1, 0.15) is 48.7 Å².